The van der Waals surface area contributed by atoms with Crippen molar-refractivity contribution < 1.29 is 14.3 Å². The minimum absolute atomic E-state index is 0.0582. The van der Waals surface area contributed by atoms with Crippen LogP contribution >= 0.6 is 28.1 Å². The van der Waals surface area contributed by atoms with Gasteiger partial charge in [-0.15, -0.1) is 0 Å². The topological polar surface area (TPSA) is 73.9 Å². The molecule has 192 valence electrons. The van der Waals surface area contributed by atoms with Gasteiger partial charge in [0.1, 0.15) is 5.75 Å². The van der Waals surface area contributed by atoms with E-state index in [-0.39, 0.29) is 16.9 Å². The highest BCUT2D eigenvalue weighted by Crippen LogP contribution is 2.26. The molecule has 0 bridgehead atoms. The minimum Gasteiger partial charge on any atom is -0.492 e. The Morgan fingerprint density at radius 3 is 2.41 bits per heavy atom. The molecule has 7 nitrogen and oxygen atoms in total. The van der Waals surface area contributed by atoms with E-state index in [2.05, 4.69) is 43.6 Å². The lowest BCUT2D eigenvalue weighted by Gasteiger charge is -2.32. The SMILES string of the molecule is CN1CCN(C(=O)c2ccccc2NC(=S)NC(=O)c2ccc(OCCc3ccccc3)c(Br)c2)CC1. The molecule has 1 aliphatic heterocycles. The summed E-state index contributed by atoms with van der Waals surface area (Å²) in [5, 5.41) is 5.82. The van der Waals surface area contributed by atoms with E-state index in [9.17, 15) is 9.59 Å². The van der Waals surface area contributed by atoms with Crippen LogP contribution in [-0.2, 0) is 6.42 Å². The highest BCUT2D eigenvalue weighted by molar-refractivity contribution is 9.10. The van der Waals surface area contributed by atoms with Gasteiger partial charge in [0, 0.05) is 38.2 Å². The molecular formula is C28H29BrN4O3S. The summed E-state index contributed by atoms with van der Waals surface area (Å²) < 4.78 is 6.55. The van der Waals surface area contributed by atoms with Gasteiger partial charge in [0.05, 0.1) is 22.3 Å². The van der Waals surface area contributed by atoms with Crippen LogP contribution in [-0.4, -0.2) is 66.6 Å². The molecule has 3 aromatic rings. The zero-order valence-corrected chi connectivity index (χ0v) is 23.0. The van der Waals surface area contributed by atoms with Crippen molar-refractivity contribution in [2.75, 3.05) is 45.2 Å². The number of amides is 2. The summed E-state index contributed by atoms with van der Waals surface area (Å²) in [5.41, 5.74) is 2.69. The van der Waals surface area contributed by atoms with Gasteiger partial charge in [-0.25, -0.2) is 0 Å². The van der Waals surface area contributed by atoms with Crippen LogP contribution in [0.4, 0.5) is 5.69 Å². The first-order valence-electron chi connectivity index (χ1n) is 12.1. The maximum absolute atomic E-state index is 13.1. The van der Waals surface area contributed by atoms with Gasteiger partial charge in [-0.2, -0.15) is 0 Å². The molecule has 0 unspecified atom stereocenters. The van der Waals surface area contributed by atoms with Crippen LogP contribution in [0.1, 0.15) is 26.3 Å². The molecular weight excluding hydrogens is 552 g/mol. The van der Waals surface area contributed by atoms with E-state index >= 15 is 0 Å². The number of anilines is 1. The number of thiocarbonyl (C=S) groups is 1. The fourth-order valence-corrected chi connectivity index (χ4v) is 4.67. The quantitative estimate of drug-likeness (QED) is 0.398. The third-order valence-electron chi connectivity index (χ3n) is 6.11. The van der Waals surface area contributed by atoms with Crippen molar-refractivity contribution >= 4 is 50.8 Å². The van der Waals surface area contributed by atoms with Crippen molar-refractivity contribution in [2.45, 2.75) is 6.42 Å². The number of para-hydroxylation sites is 1. The Balaban J connectivity index is 1.33. The predicted molar refractivity (Wildman–Crippen MR) is 153 cm³/mol. The van der Waals surface area contributed by atoms with Crippen molar-refractivity contribution in [3.8, 4) is 5.75 Å². The van der Waals surface area contributed by atoms with Crippen molar-refractivity contribution in [2.24, 2.45) is 0 Å². The molecule has 1 heterocycles. The first-order chi connectivity index (χ1) is 17.9. The van der Waals surface area contributed by atoms with Crippen molar-refractivity contribution in [3.63, 3.8) is 0 Å². The number of nitrogens with one attached hydrogen (secondary N) is 2. The van der Waals surface area contributed by atoms with E-state index in [0.29, 0.717) is 46.7 Å². The lowest BCUT2D eigenvalue weighted by atomic mass is 10.1. The Kier molecular flexibility index (Phi) is 9.27. The molecule has 37 heavy (non-hydrogen) atoms. The van der Waals surface area contributed by atoms with E-state index in [0.717, 1.165) is 19.5 Å². The molecule has 3 aromatic carbocycles. The molecule has 1 aliphatic rings. The number of hydrogen-bond acceptors (Lipinski definition) is 5. The van der Waals surface area contributed by atoms with Crippen LogP contribution in [0.25, 0.3) is 0 Å². The van der Waals surface area contributed by atoms with Crippen LogP contribution in [0.2, 0.25) is 0 Å². The largest absolute Gasteiger partial charge is 0.492 e. The Bertz CT molecular complexity index is 1260. The van der Waals surface area contributed by atoms with Crippen molar-refractivity contribution in [1.82, 2.24) is 15.1 Å². The number of likely N-dealkylation sites (N-methyl/N-ethyl adjacent to an activating group) is 1. The fraction of sp³-hybridized carbons (Fsp3) is 0.250. The molecule has 0 aliphatic carbocycles. The molecule has 0 atom stereocenters. The zero-order valence-electron chi connectivity index (χ0n) is 20.6. The van der Waals surface area contributed by atoms with Crippen LogP contribution in [0.5, 0.6) is 5.75 Å². The highest BCUT2D eigenvalue weighted by Gasteiger charge is 2.22. The van der Waals surface area contributed by atoms with Crippen LogP contribution < -0.4 is 15.4 Å². The molecule has 2 N–H and O–H groups in total. The summed E-state index contributed by atoms with van der Waals surface area (Å²) >= 11 is 8.87. The van der Waals surface area contributed by atoms with Crippen LogP contribution in [0.3, 0.4) is 0 Å². The molecule has 0 spiro atoms. The standard InChI is InChI=1S/C28H29BrN4O3S/c1-32-14-16-33(17-15-32)27(35)22-9-5-6-10-24(22)30-28(37)31-26(34)21-11-12-25(23(29)19-21)36-18-13-20-7-3-2-4-8-20/h2-12,19H,13-18H2,1H3,(H2,30,31,34,37). The number of carbonyl (C=O) groups is 2. The number of ether oxygens (including phenoxy) is 1. The molecule has 1 fully saturated rings. The number of rotatable bonds is 7. The maximum Gasteiger partial charge on any atom is 0.257 e. The number of halogens is 1. The van der Waals surface area contributed by atoms with E-state index in [1.165, 1.54) is 5.56 Å². The van der Waals surface area contributed by atoms with Crippen LogP contribution in [0.15, 0.2) is 77.3 Å². The lowest BCUT2D eigenvalue weighted by molar-refractivity contribution is 0.0665. The first kappa shape index (κ1) is 26.8. The summed E-state index contributed by atoms with van der Waals surface area (Å²) in [5.74, 6) is 0.235. The number of carbonyl (C=O) groups excluding carboxylic acids is 2. The van der Waals surface area contributed by atoms with E-state index < -0.39 is 0 Å². The van der Waals surface area contributed by atoms with Crippen molar-refractivity contribution in [1.29, 1.82) is 0 Å². The predicted octanol–water partition coefficient (Wildman–Crippen LogP) is 4.59. The summed E-state index contributed by atoms with van der Waals surface area (Å²) in [7, 11) is 2.05. The highest BCUT2D eigenvalue weighted by atomic mass is 79.9. The second-order valence-electron chi connectivity index (χ2n) is 8.78. The summed E-state index contributed by atoms with van der Waals surface area (Å²) in [4.78, 5) is 30.0. The fourth-order valence-electron chi connectivity index (χ4n) is 3.97. The monoisotopic (exact) mass is 580 g/mol. The van der Waals surface area contributed by atoms with E-state index in [1.54, 1.807) is 30.3 Å². The van der Waals surface area contributed by atoms with Gasteiger partial charge in [-0.1, -0.05) is 42.5 Å². The number of hydrogen-bond donors (Lipinski definition) is 2. The second kappa shape index (κ2) is 12.8. The lowest BCUT2D eigenvalue weighted by Crippen LogP contribution is -2.47. The molecule has 0 saturated carbocycles. The number of piperazine rings is 1. The average molecular weight is 582 g/mol. The zero-order chi connectivity index (χ0) is 26.2. The van der Waals surface area contributed by atoms with Crippen LogP contribution in [0, 0.1) is 0 Å². The first-order valence-corrected chi connectivity index (χ1v) is 13.3. The Hall–Kier alpha value is -3.27. The van der Waals surface area contributed by atoms with E-state index in [4.69, 9.17) is 17.0 Å². The molecule has 9 heteroatoms. The third kappa shape index (κ3) is 7.38. The van der Waals surface area contributed by atoms with Gasteiger partial charge in [0.2, 0.25) is 0 Å². The molecule has 4 rings (SSSR count). The Labute approximate surface area is 230 Å². The maximum atomic E-state index is 13.1. The van der Waals surface area contributed by atoms with Crippen molar-refractivity contribution in [3.05, 3.63) is 94.0 Å². The minimum atomic E-state index is -0.364. The van der Waals surface area contributed by atoms with E-state index in [1.807, 2.05) is 42.3 Å². The van der Waals surface area contributed by atoms with Gasteiger partial charge in [0.25, 0.3) is 11.8 Å². The van der Waals surface area contributed by atoms with Gasteiger partial charge in [-0.05, 0) is 71.1 Å². The molecule has 0 radical (unpaired) electrons. The van der Waals surface area contributed by atoms with Gasteiger partial charge >= 0.3 is 0 Å². The van der Waals surface area contributed by atoms with Gasteiger partial charge < -0.3 is 19.9 Å². The summed E-state index contributed by atoms with van der Waals surface area (Å²) in [6, 6.07) is 22.4. The summed E-state index contributed by atoms with van der Waals surface area (Å²) in [6.45, 7) is 3.54. The van der Waals surface area contributed by atoms with Gasteiger partial charge in [0.15, 0.2) is 5.11 Å². The van der Waals surface area contributed by atoms with Gasteiger partial charge in [-0.3, -0.25) is 14.9 Å². The molecule has 1 saturated heterocycles. The summed E-state index contributed by atoms with van der Waals surface area (Å²) in [6.07, 6.45) is 0.786. The smallest absolute Gasteiger partial charge is 0.257 e. The normalized spacial score (nSPS) is 13.6. The third-order valence-corrected chi connectivity index (χ3v) is 6.93. The Morgan fingerprint density at radius 2 is 1.68 bits per heavy atom. The Morgan fingerprint density at radius 1 is 0.973 bits per heavy atom. The number of nitrogens with zero attached hydrogens (tertiary/aromatic N) is 2. The number of benzene rings is 3. The average Bonchev–Trinajstić information content (AvgIpc) is 2.90. The second-order valence-corrected chi connectivity index (χ2v) is 10.0. The molecule has 0 aromatic heterocycles. The molecule has 2 amide bonds.